The van der Waals surface area contributed by atoms with Gasteiger partial charge in [0.1, 0.15) is 0 Å². The highest BCUT2D eigenvalue weighted by Crippen LogP contribution is 2.15. The van der Waals surface area contributed by atoms with Crippen LogP contribution >= 0.6 is 0 Å². The van der Waals surface area contributed by atoms with E-state index in [0.717, 1.165) is 13.0 Å². The van der Waals surface area contributed by atoms with E-state index in [-0.39, 0.29) is 18.8 Å². The number of hydrogen-bond acceptors (Lipinski definition) is 3. The lowest BCUT2D eigenvalue weighted by molar-refractivity contribution is 0.0198. The van der Waals surface area contributed by atoms with Crippen molar-refractivity contribution < 1.29 is 9.84 Å². The third-order valence-electron chi connectivity index (χ3n) is 4.79. The van der Waals surface area contributed by atoms with Crippen molar-refractivity contribution >= 4 is 0 Å². The van der Waals surface area contributed by atoms with E-state index in [1.807, 2.05) is 0 Å². The van der Waals surface area contributed by atoms with Crippen LogP contribution in [-0.4, -0.2) is 30.4 Å². The Balaban J connectivity index is 1.64. The van der Waals surface area contributed by atoms with Crippen LogP contribution in [0.5, 0.6) is 0 Å². The molecular formula is C20H33NO2. The van der Waals surface area contributed by atoms with Crippen molar-refractivity contribution in [1.82, 2.24) is 5.32 Å². The summed E-state index contributed by atoms with van der Waals surface area (Å²) in [6.07, 6.45) is 10.4. The predicted molar refractivity (Wildman–Crippen MR) is 95.6 cm³/mol. The summed E-state index contributed by atoms with van der Waals surface area (Å²) in [5.74, 6) is 0. The lowest BCUT2D eigenvalue weighted by Gasteiger charge is -2.18. The molecular weight excluding hydrogens is 286 g/mol. The number of ether oxygens (including phenoxy) is 1. The largest absolute Gasteiger partial charge is 0.395 e. The molecule has 3 nitrogen and oxygen atoms in total. The van der Waals surface area contributed by atoms with Crippen LogP contribution in [0.1, 0.15) is 63.0 Å². The maximum Gasteiger partial charge on any atom is 0.0767 e. The molecule has 23 heavy (non-hydrogen) atoms. The number of rotatable bonds is 11. The van der Waals surface area contributed by atoms with Crippen LogP contribution in [0.2, 0.25) is 0 Å². The molecule has 0 spiro atoms. The highest BCUT2D eigenvalue weighted by Gasteiger charge is 2.26. The number of aryl methyl sites for hydroxylation is 1. The molecule has 1 aromatic carbocycles. The minimum atomic E-state index is 0.0991. The molecule has 0 aromatic heterocycles. The quantitative estimate of drug-likeness (QED) is 0.609. The van der Waals surface area contributed by atoms with Crippen LogP contribution in [0, 0.1) is 0 Å². The summed E-state index contributed by atoms with van der Waals surface area (Å²) in [4.78, 5) is 0. The normalized spacial score (nSPS) is 21.0. The fourth-order valence-electron chi connectivity index (χ4n) is 3.24. The standard InChI is InChI=1S/C20H33NO2/c1-2-3-4-5-6-7-8-17-9-11-18(12-10-17)16-23-20-13-14-21-19(20)15-22/h9-12,19-22H,2-8,13-16H2,1H3/t19-,20-/m0/s1. The van der Waals surface area contributed by atoms with E-state index in [9.17, 15) is 5.11 Å². The molecule has 0 amide bonds. The molecule has 3 heteroatoms. The Kier molecular flexibility index (Phi) is 8.66. The third kappa shape index (κ3) is 6.62. The highest BCUT2D eigenvalue weighted by molar-refractivity contribution is 5.22. The van der Waals surface area contributed by atoms with E-state index in [1.165, 1.54) is 56.1 Å². The average molecular weight is 319 g/mol. The molecule has 1 fully saturated rings. The first-order valence-corrected chi connectivity index (χ1v) is 9.37. The van der Waals surface area contributed by atoms with Crippen LogP contribution in [0.15, 0.2) is 24.3 Å². The first kappa shape index (κ1) is 18.4. The Labute approximate surface area is 141 Å². The lowest BCUT2D eigenvalue weighted by Crippen LogP contribution is -2.35. The minimum absolute atomic E-state index is 0.0991. The average Bonchev–Trinajstić information content (AvgIpc) is 3.05. The molecule has 0 saturated carbocycles. The number of benzene rings is 1. The van der Waals surface area contributed by atoms with Gasteiger partial charge in [0.25, 0.3) is 0 Å². The molecule has 2 atom stereocenters. The third-order valence-corrected chi connectivity index (χ3v) is 4.79. The Hall–Kier alpha value is -0.900. The summed E-state index contributed by atoms with van der Waals surface area (Å²) in [6.45, 7) is 3.99. The van der Waals surface area contributed by atoms with E-state index in [4.69, 9.17) is 4.74 Å². The molecule has 0 radical (unpaired) electrons. The summed E-state index contributed by atoms with van der Waals surface area (Å²) in [6, 6.07) is 8.94. The van der Waals surface area contributed by atoms with Gasteiger partial charge in [0, 0.05) is 0 Å². The zero-order valence-electron chi connectivity index (χ0n) is 14.6. The first-order valence-electron chi connectivity index (χ1n) is 9.37. The van der Waals surface area contributed by atoms with E-state index in [0.29, 0.717) is 6.61 Å². The van der Waals surface area contributed by atoms with Gasteiger partial charge >= 0.3 is 0 Å². The van der Waals surface area contributed by atoms with Crippen LogP contribution in [0.4, 0.5) is 0 Å². The SMILES string of the molecule is CCCCCCCCc1ccc(CO[C@H]2CCN[C@H]2CO)cc1. The van der Waals surface area contributed by atoms with E-state index in [1.54, 1.807) is 0 Å². The first-order chi connectivity index (χ1) is 11.3. The zero-order valence-corrected chi connectivity index (χ0v) is 14.6. The molecule has 0 unspecified atom stereocenters. The van der Waals surface area contributed by atoms with E-state index < -0.39 is 0 Å². The second kappa shape index (κ2) is 10.8. The molecule has 1 saturated heterocycles. The van der Waals surface area contributed by atoms with Gasteiger partial charge in [0.2, 0.25) is 0 Å². The van der Waals surface area contributed by atoms with Crippen LogP contribution < -0.4 is 5.32 Å². The minimum Gasteiger partial charge on any atom is -0.395 e. The van der Waals surface area contributed by atoms with Crippen molar-refractivity contribution in [2.75, 3.05) is 13.2 Å². The number of nitrogens with one attached hydrogen (secondary N) is 1. The molecule has 1 aliphatic heterocycles. The highest BCUT2D eigenvalue weighted by atomic mass is 16.5. The molecule has 0 aliphatic carbocycles. The van der Waals surface area contributed by atoms with Gasteiger partial charge < -0.3 is 15.2 Å². The molecule has 2 rings (SSSR count). The molecule has 1 aliphatic rings. The van der Waals surface area contributed by atoms with Crippen LogP contribution in [-0.2, 0) is 17.8 Å². The molecule has 0 bridgehead atoms. The maximum atomic E-state index is 9.28. The second-order valence-corrected chi connectivity index (χ2v) is 6.72. The molecule has 1 aromatic rings. The Morgan fingerprint density at radius 1 is 1.04 bits per heavy atom. The van der Waals surface area contributed by atoms with E-state index >= 15 is 0 Å². The number of aliphatic hydroxyl groups excluding tert-OH is 1. The Bertz CT molecular complexity index is 418. The van der Waals surface area contributed by atoms with Crippen molar-refractivity contribution in [1.29, 1.82) is 0 Å². The van der Waals surface area contributed by atoms with Gasteiger partial charge in [-0.25, -0.2) is 0 Å². The monoisotopic (exact) mass is 319 g/mol. The van der Waals surface area contributed by atoms with Gasteiger partial charge in [0.15, 0.2) is 0 Å². The Morgan fingerprint density at radius 3 is 2.48 bits per heavy atom. The van der Waals surface area contributed by atoms with Crippen LogP contribution in [0.3, 0.4) is 0 Å². The number of aliphatic hydroxyl groups is 1. The molecule has 2 N–H and O–H groups in total. The van der Waals surface area contributed by atoms with Gasteiger partial charge in [-0.05, 0) is 36.9 Å². The smallest absolute Gasteiger partial charge is 0.0767 e. The van der Waals surface area contributed by atoms with Gasteiger partial charge in [-0.1, -0.05) is 63.3 Å². The molecule has 1 heterocycles. The topological polar surface area (TPSA) is 41.5 Å². The second-order valence-electron chi connectivity index (χ2n) is 6.72. The fraction of sp³-hybridized carbons (Fsp3) is 0.700. The van der Waals surface area contributed by atoms with Gasteiger partial charge in [-0.2, -0.15) is 0 Å². The zero-order chi connectivity index (χ0) is 16.3. The van der Waals surface area contributed by atoms with Crippen molar-refractivity contribution in [3.8, 4) is 0 Å². The summed E-state index contributed by atoms with van der Waals surface area (Å²) < 4.78 is 5.95. The summed E-state index contributed by atoms with van der Waals surface area (Å²) in [5.41, 5.74) is 2.65. The van der Waals surface area contributed by atoms with Gasteiger partial charge in [0.05, 0.1) is 25.4 Å². The Morgan fingerprint density at radius 2 is 1.74 bits per heavy atom. The summed E-state index contributed by atoms with van der Waals surface area (Å²) in [5, 5.41) is 12.5. The lowest BCUT2D eigenvalue weighted by atomic mass is 10.0. The van der Waals surface area contributed by atoms with E-state index in [2.05, 4.69) is 36.5 Å². The van der Waals surface area contributed by atoms with Crippen molar-refractivity contribution in [3.63, 3.8) is 0 Å². The fourth-order valence-corrected chi connectivity index (χ4v) is 3.24. The van der Waals surface area contributed by atoms with Crippen molar-refractivity contribution in [3.05, 3.63) is 35.4 Å². The van der Waals surface area contributed by atoms with Crippen molar-refractivity contribution in [2.24, 2.45) is 0 Å². The van der Waals surface area contributed by atoms with Crippen LogP contribution in [0.25, 0.3) is 0 Å². The predicted octanol–water partition coefficient (Wildman–Crippen LogP) is 3.83. The van der Waals surface area contributed by atoms with Gasteiger partial charge in [-0.15, -0.1) is 0 Å². The van der Waals surface area contributed by atoms with Gasteiger partial charge in [-0.3, -0.25) is 0 Å². The summed E-state index contributed by atoms with van der Waals surface area (Å²) >= 11 is 0. The van der Waals surface area contributed by atoms with Crippen molar-refractivity contribution in [2.45, 2.75) is 77.0 Å². The molecule has 130 valence electrons. The maximum absolute atomic E-state index is 9.28. The number of hydrogen-bond donors (Lipinski definition) is 2. The summed E-state index contributed by atoms with van der Waals surface area (Å²) in [7, 11) is 0. The number of unbranched alkanes of at least 4 members (excludes halogenated alkanes) is 5.